The normalized spacial score (nSPS) is 17.7. The third-order valence-electron chi connectivity index (χ3n) is 3.47. The highest BCUT2D eigenvalue weighted by Gasteiger charge is 2.32. The predicted octanol–water partition coefficient (Wildman–Crippen LogP) is 2.38. The van der Waals surface area contributed by atoms with Crippen LogP contribution in [-0.2, 0) is 0 Å². The molecule has 1 aromatic carbocycles. The van der Waals surface area contributed by atoms with E-state index in [1.807, 2.05) is 6.92 Å². The Hall–Kier alpha value is -1.55. The fraction of sp³-hybridized carbons (Fsp3) is 0.500. The molecule has 2 rings (SSSR count). The van der Waals surface area contributed by atoms with Crippen LogP contribution in [-0.4, -0.2) is 28.4 Å². The van der Waals surface area contributed by atoms with Crippen LogP contribution < -0.4 is 4.74 Å². The number of aliphatic hydroxyl groups is 1. The molecule has 1 aliphatic rings. The summed E-state index contributed by atoms with van der Waals surface area (Å²) in [4.78, 5) is 10.9. The highest BCUT2D eigenvalue weighted by Crippen LogP contribution is 2.30. The van der Waals surface area contributed by atoms with E-state index in [1.54, 1.807) is 12.1 Å². The third kappa shape index (κ3) is 2.82. The number of hydrogen-bond acceptors (Lipinski definition) is 3. The van der Waals surface area contributed by atoms with Crippen molar-refractivity contribution in [1.29, 1.82) is 0 Å². The van der Waals surface area contributed by atoms with Crippen LogP contribution in [0, 0.1) is 6.92 Å². The third-order valence-corrected chi connectivity index (χ3v) is 3.47. The van der Waals surface area contributed by atoms with Gasteiger partial charge in [0.1, 0.15) is 12.4 Å². The first-order chi connectivity index (χ1) is 8.50. The second-order valence-corrected chi connectivity index (χ2v) is 5.01. The van der Waals surface area contributed by atoms with Crippen LogP contribution in [0.1, 0.15) is 41.6 Å². The van der Waals surface area contributed by atoms with Crippen molar-refractivity contribution in [2.24, 2.45) is 0 Å². The maximum atomic E-state index is 10.9. The summed E-state index contributed by atoms with van der Waals surface area (Å²) in [5.41, 5.74) is 0.335. The predicted molar refractivity (Wildman–Crippen MR) is 67.1 cm³/mol. The fourth-order valence-corrected chi connectivity index (χ4v) is 2.28. The first kappa shape index (κ1) is 12.9. The molecule has 0 aromatic heterocycles. The lowest BCUT2D eigenvalue weighted by Gasteiger charge is -2.23. The van der Waals surface area contributed by atoms with E-state index in [0.717, 1.165) is 31.2 Å². The quantitative estimate of drug-likeness (QED) is 0.861. The summed E-state index contributed by atoms with van der Waals surface area (Å²) in [5.74, 6) is -0.436. The van der Waals surface area contributed by atoms with Crippen molar-refractivity contribution in [3.63, 3.8) is 0 Å². The van der Waals surface area contributed by atoms with Crippen LogP contribution in [0.2, 0.25) is 0 Å². The average Bonchev–Trinajstić information content (AvgIpc) is 2.75. The Morgan fingerprint density at radius 2 is 2.06 bits per heavy atom. The minimum Gasteiger partial charge on any atom is -0.490 e. The van der Waals surface area contributed by atoms with E-state index < -0.39 is 11.6 Å². The number of aryl methyl sites for hydroxylation is 1. The Morgan fingerprint density at radius 3 is 2.67 bits per heavy atom. The summed E-state index contributed by atoms with van der Waals surface area (Å²) >= 11 is 0. The molecule has 0 atom stereocenters. The average molecular weight is 250 g/mol. The van der Waals surface area contributed by atoms with Gasteiger partial charge in [-0.25, -0.2) is 4.79 Å². The summed E-state index contributed by atoms with van der Waals surface area (Å²) in [6.07, 6.45) is 3.55. The largest absolute Gasteiger partial charge is 0.490 e. The van der Waals surface area contributed by atoms with E-state index >= 15 is 0 Å². The van der Waals surface area contributed by atoms with Gasteiger partial charge < -0.3 is 14.9 Å². The number of rotatable bonds is 4. The number of carbonyl (C=O) groups is 1. The number of ether oxygens (including phenoxy) is 1. The number of aromatic carboxylic acids is 1. The van der Waals surface area contributed by atoms with Crippen LogP contribution in [0.15, 0.2) is 18.2 Å². The Kier molecular flexibility index (Phi) is 3.57. The van der Waals surface area contributed by atoms with Crippen molar-refractivity contribution < 1.29 is 19.7 Å². The lowest BCUT2D eigenvalue weighted by molar-refractivity contribution is 0.00121. The summed E-state index contributed by atoms with van der Waals surface area (Å²) in [7, 11) is 0. The molecule has 0 amide bonds. The minimum atomic E-state index is -0.973. The van der Waals surface area contributed by atoms with Gasteiger partial charge in [0.05, 0.1) is 11.2 Å². The molecule has 4 heteroatoms. The van der Waals surface area contributed by atoms with Crippen molar-refractivity contribution in [1.82, 2.24) is 0 Å². The van der Waals surface area contributed by atoms with Gasteiger partial charge in [0.25, 0.3) is 0 Å². The standard InChI is InChI=1S/C14H18O4/c1-10-4-5-11(13(15)16)8-12(10)18-9-14(17)6-2-3-7-14/h4-5,8,17H,2-3,6-7,9H2,1H3,(H,15,16). The highest BCUT2D eigenvalue weighted by molar-refractivity contribution is 5.88. The van der Waals surface area contributed by atoms with Crippen molar-refractivity contribution in [3.05, 3.63) is 29.3 Å². The molecule has 0 saturated heterocycles. The van der Waals surface area contributed by atoms with E-state index in [2.05, 4.69) is 0 Å². The molecule has 4 nitrogen and oxygen atoms in total. The van der Waals surface area contributed by atoms with Crippen molar-refractivity contribution in [2.75, 3.05) is 6.61 Å². The van der Waals surface area contributed by atoms with Gasteiger partial charge in [0.2, 0.25) is 0 Å². The van der Waals surface area contributed by atoms with Gasteiger partial charge in [-0.1, -0.05) is 18.9 Å². The van der Waals surface area contributed by atoms with Gasteiger partial charge >= 0.3 is 5.97 Å². The number of carboxylic acid groups (broad SMARTS) is 1. The van der Waals surface area contributed by atoms with Gasteiger partial charge in [-0.3, -0.25) is 0 Å². The smallest absolute Gasteiger partial charge is 0.335 e. The second-order valence-electron chi connectivity index (χ2n) is 5.01. The molecule has 18 heavy (non-hydrogen) atoms. The lowest BCUT2D eigenvalue weighted by atomic mass is 10.0. The zero-order chi connectivity index (χ0) is 13.2. The molecule has 1 aromatic rings. The van der Waals surface area contributed by atoms with Crippen LogP contribution in [0.25, 0.3) is 0 Å². The van der Waals surface area contributed by atoms with Gasteiger partial charge in [0, 0.05) is 0 Å². The molecule has 98 valence electrons. The summed E-state index contributed by atoms with van der Waals surface area (Å²) in [6, 6.07) is 4.78. The zero-order valence-electron chi connectivity index (χ0n) is 10.5. The minimum absolute atomic E-state index is 0.203. The molecule has 0 heterocycles. The second kappa shape index (κ2) is 4.98. The SMILES string of the molecule is Cc1ccc(C(=O)O)cc1OCC1(O)CCCC1. The van der Waals surface area contributed by atoms with Crippen molar-refractivity contribution in [2.45, 2.75) is 38.2 Å². The molecular weight excluding hydrogens is 232 g/mol. The Labute approximate surface area is 106 Å². The molecule has 0 spiro atoms. The lowest BCUT2D eigenvalue weighted by Crippen LogP contribution is -2.32. The Bertz CT molecular complexity index is 447. The molecule has 1 saturated carbocycles. The fourth-order valence-electron chi connectivity index (χ4n) is 2.28. The van der Waals surface area contributed by atoms with Crippen molar-refractivity contribution >= 4 is 5.97 Å². The highest BCUT2D eigenvalue weighted by atomic mass is 16.5. The first-order valence-corrected chi connectivity index (χ1v) is 6.19. The molecular formula is C14H18O4. The van der Waals surface area contributed by atoms with E-state index in [9.17, 15) is 9.90 Å². The van der Waals surface area contributed by atoms with Crippen LogP contribution in [0.3, 0.4) is 0 Å². The van der Waals surface area contributed by atoms with Crippen LogP contribution in [0.5, 0.6) is 5.75 Å². The Balaban J connectivity index is 2.08. The van der Waals surface area contributed by atoms with Gasteiger partial charge in [-0.2, -0.15) is 0 Å². The molecule has 0 radical (unpaired) electrons. The van der Waals surface area contributed by atoms with Crippen LogP contribution >= 0.6 is 0 Å². The van der Waals surface area contributed by atoms with Crippen LogP contribution in [0.4, 0.5) is 0 Å². The van der Waals surface area contributed by atoms with E-state index in [0.29, 0.717) is 5.75 Å². The summed E-state index contributed by atoms with van der Waals surface area (Å²) in [6.45, 7) is 2.09. The van der Waals surface area contributed by atoms with E-state index in [1.165, 1.54) is 6.07 Å². The molecule has 1 aliphatic carbocycles. The van der Waals surface area contributed by atoms with Gasteiger partial charge in [-0.05, 0) is 37.5 Å². The number of hydrogen-bond donors (Lipinski definition) is 2. The van der Waals surface area contributed by atoms with E-state index in [-0.39, 0.29) is 12.2 Å². The first-order valence-electron chi connectivity index (χ1n) is 6.19. The maximum absolute atomic E-state index is 10.9. The van der Waals surface area contributed by atoms with Gasteiger partial charge in [0.15, 0.2) is 0 Å². The van der Waals surface area contributed by atoms with Crippen molar-refractivity contribution in [3.8, 4) is 5.75 Å². The topological polar surface area (TPSA) is 66.8 Å². The monoisotopic (exact) mass is 250 g/mol. The molecule has 0 unspecified atom stereocenters. The number of benzene rings is 1. The maximum Gasteiger partial charge on any atom is 0.335 e. The van der Waals surface area contributed by atoms with E-state index in [4.69, 9.17) is 9.84 Å². The zero-order valence-corrected chi connectivity index (χ0v) is 10.5. The molecule has 0 bridgehead atoms. The molecule has 2 N–H and O–H groups in total. The molecule has 1 fully saturated rings. The summed E-state index contributed by atoms with van der Waals surface area (Å²) < 4.78 is 5.60. The Morgan fingerprint density at radius 1 is 1.39 bits per heavy atom. The molecule has 0 aliphatic heterocycles. The van der Waals surface area contributed by atoms with Gasteiger partial charge in [-0.15, -0.1) is 0 Å². The number of carboxylic acids is 1. The summed E-state index contributed by atoms with van der Waals surface area (Å²) in [5, 5.41) is 19.1.